The van der Waals surface area contributed by atoms with Crippen LogP contribution >= 0.6 is 22.9 Å². The van der Waals surface area contributed by atoms with Gasteiger partial charge < -0.3 is 10.2 Å². The van der Waals surface area contributed by atoms with Crippen LogP contribution in [-0.2, 0) is 13.0 Å². The van der Waals surface area contributed by atoms with E-state index in [4.69, 9.17) is 11.6 Å². The standard InChI is InChI=1S/C16H15ClN4OS/c1-21-6-5-12-13(8-18)15(23-14(12)9-21)20-16(22)19-11-4-2-3-10(17)7-11/h2-4,7H,5-6,9H2,1H3,(H2,19,20,22). The van der Waals surface area contributed by atoms with E-state index in [1.165, 1.54) is 11.3 Å². The van der Waals surface area contributed by atoms with Crippen molar-refractivity contribution in [3.63, 3.8) is 0 Å². The van der Waals surface area contributed by atoms with Crippen LogP contribution in [0.4, 0.5) is 15.5 Å². The van der Waals surface area contributed by atoms with Gasteiger partial charge in [-0.1, -0.05) is 17.7 Å². The summed E-state index contributed by atoms with van der Waals surface area (Å²) in [6.45, 7) is 1.73. The predicted octanol–water partition coefficient (Wildman–Crippen LogP) is 3.91. The van der Waals surface area contributed by atoms with Gasteiger partial charge >= 0.3 is 6.03 Å². The molecule has 2 N–H and O–H groups in total. The summed E-state index contributed by atoms with van der Waals surface area (Å²) in [4.78, 5) is 15.5. The van der Waals surface area contributed by atoms with Crippen LogP contribution in [0.5, 0.6) is 0 Å². The summed E-state index contributed by atoms with van der Waals surface area (Å²) in [5.41, 5.74) is 2.25. The van der Waals surface area contributed by atoms with Crippen LogP contribution in [0.15, 0.2) is 24.3 Å². The number of nitrogens with zero attached hydrogens (tertiary/aromatic N) is 2. The molecule has 0 unspecified atom stereocenters. The molecule has 23 heavy (non-hydrogen) atoms. The molecule has 7 heteroatoms. The first kappa shape index (κ1) is 15.8. The third-order valence-corrected chi connectivity index (χ3v) is 5.04. The summed E-state index contributed by atoms with van der Waals surface area (Å²) in [5, 5.41) is 16.1. The lowest BCUT2D eigenvalue weighted by Gasteiger charge is -2.21. The van der Waals surface area contributed by atoms with E-state index in [9.17, 15) is 10.1 Å². The highest BCUT2D eigenvalue weighted by molar-refractivity contribution is 7.16. The molecule has 1 aliphatic heterocycles. The van der Waals surface area contributed by atoms with Crippen LogP contribution in [0.1, 0.15) is 16.0 Å². The number of nitrogens with one attached hydrogen (secondary N) is 2. The van der Waals surface area contributed by atoms with Gasteiger partial charge in [0.25, 0.3) is 0 Å². The van der Waals surface area contributed by atoms with E-state index >= 15 is 0 Å². The van der Waals surface area contributed by atoms with Gasteiger partial charge in [0, 0.05) is 28.7 Å². The molecule has 3 rings (SSSR count). The Bertz CT molecular complexity index is 796. The fourth-order valence-corrected chi connectivity index (χ4v) is 4.03. The Morgan fingerprint density at radius 1 is 1.43 bits per heavy atom. The average molecular weight is 347 g/mol. The zero-order chi connectivity index (χ0) is 16.4. The summed E-state index contributed by atoms with van der Waals surface area (Å²) >= 11 is 7.37. The van der Waals surface area contributed by atoms with Gasteiger partial charge in [-0.25, -0.2) is 4.79 Å². The summed E-state index contributed by atoms with van der Waals surface area (Å²) in [5.74, 6) is 0. The Morgan fingerprint density at radius 3 is 3.00 bits per heavy atom. The van der Waals surface area contributed by atoms with Crippen LogP contribution in [0.25, 0.3) is 0 Å². The lowest BCUT2D eigenvalue weighted by atomic mass is 10.0. The van der Waals surface area contributed by atoms with E-state index in [1.54, 1.807) is 24.3 Å². The molecule has 118 valence electrons. The Morgan fingerprint density at radius 2 is 2.26 bits per heavy atom. The number of anilines is 2. The van der Waals surface area contributed by atoms with Gasteiger partial charge in [0.05, 0.1) is 5.56 Å². The van der Waals surface area contributed by atoms with Gasteiger partial charge in [0.1, 0.15) is 11.1 Å². The predicted molar refractivity (Wildman–Crippen MR) is 93.2 cm³/mol. The Hall–Kier alpha value is -2.07. The topological polar surface area (TPSA) is 68.2 Å². The van der Waals surface area contributed by atoms with E-state index in [0.29, 0.717) is 21.3 Å². The van der Waals surface area contributed by atoms with Crippen molar-refractivity contribution in [2.45, 2.75) is 13.0 Å². The molecule has 5 nitrogen and oxygen atoms in total. The molecule has 2 heterocycles. The number of carbonyl (C=O) groups excluding carboxylic acids is 1. The molecule has 0 saturated carbocycles. The van der Waals surface area contributed by atoms with Crippen molar-refractivity contribution in [2.24, 2.45) is 0 Å². The second kappa shape index (κ2) is 6.59. The number of likely N-dealkylation sites (N-methyl/N-ethyl adjacent to an activating group) is 1. The van der Waals surface area contributed by atoms with Gasteiger partial charge in [0.2, 0.25) is 0 Å². The fraction of sp³-hybridized carbons (Fsp3) is 0.250. The Labute approximate surface area is 143 Å². The third-order valence-electron chi connectivity index (χ3n) is 3.67. The lowest BCUT2D eigenvalue weighted by Crippen LogP contribution is -2.25. The van der Waals surface area contributed by atoms with Crippen molar-refractivity contribution in [1.29, 1.82) is 5.26 Å². The highest BCUT2D eigenvalue weighted by Gasteiger charge is 2.23. The van der Waals surface area contributed by atoms with E-state index in [-0.39, 0.29) is 6.03 Å². The van der Waals surface area contributed by atoms with Crippen molar-refractivity contribution in [3.8, 4) is 6.07 Å². The molecule has 0 aliphatic carbocycles. The van der Waals surface area contributed by atoms with E-state index < -0.39 is 0 Å². The van der Waals surface area contributed by atoms with E-state index in [0.717, 1.165) is 30.0 Å². The Balaban J connectivity index is 1.78. The second-order valence-corrected chi connectivity index (χ2v) is 6.94. The number of benzene rings is 1. The van der Waals surface area contributed by atoms with Crippen molar-refractivity contribution in [3.05, 3.63) is 45.3 Å². The number of urea groups is 1. The number of fused-ring (bicyclic) bond motifs is 1. The largest absolute Gasteiger partial charge is 0.324 e. The minimum atomic E-state index is -0.379. The van der Waals surface area contributed by atoms with Crippen LogP contribution in [0, 0.1) is 11.3 Å². The fourth-order valence-electron chi connectivity index (χ4n) is 2.57. The summed E-state index contributed by atoms with van der Waals surface area (Å²) in [7, 11) is 2.05. The first-order chi connectivity index (χ1) is 11.1. The number of nitriles is 1. The average Bonchev–Trinajstić information content (AvgIpc) is 2.82. The molecule has 1 aromatic carbocycles. The molecule has 0 saturated heterocycles. The highest BCUT2D eigenvalue weighted by Crippen LogP contribution is 2.36. The van der Waals surface area contributed by atoms with Gasteiger partial charge in [-0.2, -0.15) is 5.26 Å². The van der Waals surface area contributed by atoms with Crippen LogP contribution < -0.4 is 10.6 Å². The quantitative estimate of drug-likeness (QED) is 0.866. The van der Waals surface area contributed by atoms with Gasteiger partial charge in [-0.3, -0.25) is 5.32 Å². The molecule has 0 fully saturated rings. The minimum Gasteiger partial charge on any atom is -0.308 e. The number of carbonyl (C=O) groups is 1. The van der Waals surface area contributed by atoms with Crippen LogP contribution in [-0.4, -0.2) is 24.5 Å². The number of rotatable bonds is 2. The van der Waals surface area contributed by atoms with Crippen LogP contribution in [0.3, 0.4) is 0 Å². The molecular formula is C16H15ClN4OS. The number of halogens is 1. The van der Waals surface area contributed by atoms with Crippen molar-refractivity contribution < 1.29 is 4.79 Å². The smallest absolute Gasteiger partial charge is 0.308 e. The maximum absolute atomic E-state index is 12.2. The highest BCUT2D eigenvalue weighted by atomic mass is 35.5. The monoisotopic (exact) mass is 346 g/mol. The summed E-state index contributed by atoms with van der Waals surface area (Å²) < 4.78 is 0. The zero-order valence-electron chi connectivity index (χ0n) is 12.5. The summed E-state index contributed by atoms with van der Waals surface area (Å²) in [6, 6.07) is 8.77. The SMILES string of the molecule is CN1CCc2c(sc(NC(=O)Nc3cccc(Cl)c3)c2C#N)C1. The number of hydrogen-bond donors (Lipinski definition) is 2. The minimum absolute atomic E-state index is 0.379. The zero-order valence-corrected chi connectivity index (χ0v) is 14.1. The third kappa shape index (κ3) is 3.48. The lowest BCUT2D eigenvalue weighted by molar-refractivity contribution is 0.262. The second-order valence-electron chi connectivity index (χ2n) is 5.40. The van der Waals surface area contributed by atoms with E-state index in [1.807, 2.05) is 7.05 Å². The molecule has 0 spiro atoms. The molecule has 0 bridgehead atoms. The number of hydrogen-bond acceptors (Lipinski definition) is 4. The van der Waals surface area contributed by atoms with Crippen LogP contribution in [0.2, 0.25) is 5.02 Å². The number of thiophene rings is 1. The summed E-state index contributed by atoms with van der Waals surface area (Å²) in [6.07, 6.45) is 0.836. The normalized spacial score (nSPS) is 14.0. The molecule has 1 aliphatic rings. The van der Waals surface area contributed by atoms with Crippen molar-refractivity contribution in [2.75, 3.05) is 24.2 Å². The molecule has 0 radical (unpaired) electrons. The maximum atomic E-state index is 12.2. The first-order valence-electron chi connectivity index (χ1n) is 7.13. The first-order valence-corrected chi connectivity index (χ1v) is 8.33. The van der Waals surface area contributed by atoms with Gasteiger partial charge in [-0.15, -0.1) is 11.3 Å². The molecular weight excluding hydrogens is 332 g/mol. The maximum Gasteiger partial charge on any atom is 0.324 e. The Kier molecular flexibility index (Phi) is 4.53. The van der Waals surface area contributed by atoms with E-state index in [2.05, 4.69) is 21.6 Å². The molecule has 1 aromatic heterocycles. The van der Waals surface area contributed by atoms with Crippen molar-refractivity contribution >= 4 is 39.7 Å². The molecule has 0 atom stereocenters. The molecule has 2 aromatic rings. The van der Waals surface area contributed by atoms with Gasteiger partial charge in [0.15, 0.2) is 0 Å². The number of amides is 2. The van der Waals surface area contributed by atoms with Gasteiger partial charge in [-0.05, 0) is 37.2 Å². The molecule has 2 amide bonds. The van der Waals surface area contributed by atoms with Crippen molar-refractivity contribution in [1.82, 2.24) is 4.90 Å².